The van der Waals surface area contributed by atoms with Crippen molar-refractivity contribution in [1.29, 1.82) is 0 Å². The fourth-order valence-electron chi connectivity index (χ4n) is 1.23. The Balaban J connectivity index is 2.26. The zero-order valence-electron chi connectivity index (χ0n) is 8.77. The number of ether oxygens (including phenoxy) is 1. The number of aryl methyl sites for hydroxylation is 1. The van der Waals surface area contributed by atoms with E-state index < -0.39 is 0 Å². The van der Waals surface area contributed by atoms with Gasteiger partial charge in [-0.1, -0.05) is 29.3 Å². The van der Waals surface area contributed by atoms with Gasteiger partial charge in [-0.25, -0.2) is 0 Å². The molecule has 0 fully saturated rings. The van der Waals surface area contributed by atoms with Gasteiger partial charge in [-0.05, 0) is 31.2 Å². The molecule has 1 aromatic heterocycles. The van der Waals surface area contributed by atoms with Gasteiger partial charge in [-0.3, -0.25) is 0 Å². The summed E-state index contributed by atoms with van der Waals surface area (Å²) in [5, 5.41) is 0.358. The second-order valence-electron chi connectivity index (χ2n) is 3.44. The van der Waals surface area contributed by atoms with Crippen LogP contribution >= 0.6 is 11.6 Å². The first-order valence-corrected chi connectivity index (χ1v) is 5.19. The highest BCUT2D eigenvalue weighted by Crippen LogP contribution is 2.26. The first kappa shape index (κ1) is 10.8. The zero-order chi connectivity index (χ0) is 11.5. The van der Waals surface area contributed by atoms with Gasteiger partial charge in [-0.15, -0.1) is 0 Å². The van der Waals surface area contributed by atoms with E-state index >= 15 is 0 Å². The van der Waals surface area contributed by atoms with Crippen molar-refractivity contribution in [2.75, 3.05) is 5.73 Å². The number of benzene rings is 1. The Labute approximate surface area is 98.8 Å². The van der Waals surface area contributed by atoms with Gasteiger partial charge in [0.25, 0.3) is 0 Å². The van der Waals surface area contributed by atoms with E-state index in [9.17, 15) is 0 Å². The van der Waals surface area contributed by atoms with Gasteiger partial charge in [-0.2, -0.15) is 4.98 Å². The first-order valence-electron chi connectivity index (χ1n) is 4.82. The molecule has 2 N–H and O–H groups in total. The molecule has 0 saturated carbocycles. The van der Waals surface area contributed by atoms with E-state index in [0.29, 0.717) is 22.5 Å². The number of rotatable bonds is 2. The van der Waals surface area contributed by atoms with Crippen LogP contribution in [0, 0.1) is 6.92 Å². The van der Waals surface area contributed by atoms with E-state index in [4.69, 9.17) is 22.1 Å². The molecule has 16 heavy (non-hydrogen) atoms. The fraction of sp³-hybridized carbons (Fsp3) is 0.0833. The van der Waals surface area contributed by atoms with Crippen LogP contribution in [0.1, 0.15) is 5.56 Å². The SMILES string of the molecule is Cc1ccc(Oc2nc(Cl)ccc2N)cc1. The molecule has 0 amide bonds. The predicted octanol–water partition coefficient (Wildman–Crippen LogP) is 3.42. The number of pyridine rings is 1. The second kappa shape index (κ2) is 4.41. The Morgan fingerprint density at radius 1 is 1.12 bits per heavy atom. The molecule has 1 aromatic carbocycles. The van der Waals surface area contributed by atoms with Crippen LogP contribution in [-0.4, -0.2) is 4.98 Å². The Bertz CT molecular complexity index is 497. The third kappa shape index (κ3) is 2.44. The molecule has 0 spiro atoms. The number of halogens is 1. The number of nitrogen functional groups attached to an aromatic ring is 1. The third-order valence-electron chi connectivity index (χ3n) is 2.09. The summed E-state index contributed by atoms with van der Waals surface area (Å²) in [6.45, 7) is 2.01. The molecule has 0 unspecified atom stereocenters. The lowest BCUT2D eigenvalue weighted by atomic mass is 10.2. The minimum Gasteiger partial charge on any atom is -0.437 e. The molecule has 2 aromatic rings. The van der Waals surface area contributed by atoms with E-state index in [2.05, 4.69) is 4.98 Å². The number of hydrogen-bond acceptors (Lipinski definition) is 3. The smallest absolute Gasteiger partial charge is 0.244 e. The molecule has 0 bridgehead atoms. The molecule has 0 aliphatic rings. The summed E-state index contributed by atoms with van der Waals surface area (Å²) in [6.07, 6.45) is 0. The predicted molar refractivity (Wildman–Crippen MR) is 64.9 cm³/mol. The van der Waals surface area contributed by atoms with Crippen LogP contribution in [0.15, 0.2) is 36.4 Å². The normalized spacial score (nSPS) is 10.1. The van der Waals surface area contributed by atoms with Gasteiger partial charge >= 0.3 is 0 Å². The summed E-state index contributed by atoms with van der Waals surface area (Å²) >= 11 is 5.76. The minimum atomic E-state index is 0.330. The zero-order valence-corrected chi connectivity index (χ0v) is 9.53. The molecule has 0 aliphatic heterocycles. The molecular weight excluding hydrogens is 224 g/mol. The highest BCUT2D eigenvalue weighted by atomic mass is 35.5. The van der Waals surface area contributed by atoms with Crippen LogP contribution in [0.2, 0.25) is 5.15 Å². The maximum Gasteiger partial charge on any atom is 0.244 e. The lowest BCUT2D eigenvalue weighted by molar-refractivity contribution is 0.465. The van der Waals surface area contributed by atoms with Crippen molar-refractivity contribution >= 4 is 17.3 Å². The third-order valence-corrected chi connectivity index (χ3v) is 2.30. The second-order valence-corrected chi connectivity index (χ2v) is 3.83. The van der Waals surface area contributed by atoms with Crippen molar-refractivity contribution in [3.8, 4) is 11.6 Å². The van der Waals surface area contributed by atoms with Crippen molar-refractivity contribution in [1.82, 2.24) is 4.98 Å². The average Bonchev–Trinajstić information content (AvgIpc) is 2.27. The van der Waals surface area contributed by atoms with Gasteiger partial charge < -0.3 is 10.5 Å². The summed E-state index contributed by atoms with van der Waals surface area (Å²) in [5.41, 5.74) is 7.35. The summed E-state index contributed by atoms with van der Waals surface area (Å²) in [4.78, 5) is 4.01. The van der Waals surface area contributed by atoms with E-state index in [-0.39, 0.29) is 0 Å². The topological polar surface area (TPSA) is 48.1 Å². The van der Waals surface area contributed by atoms with Gasteiger partial charge in [0, 0.05) is 0 Å². The Hall–Kier alpha value is -1.74. The first-order chi connectivity index (χ1) is 7.65. The monoisotopic (exact) mass is 234 g/mol. The van der Waals surface area contributed by atoms with Gasteiger partial charge in [0.2, 0.25) is 5.88 Å². The van der Waals surface area contributed by atoms with Gasteiger partial charge in [0.15, 0.2) is 0 Å². The van der Waals surface area contributed by atoms with Crippen LogP contribution in [0.4, 0.5) is 5.69 Å². The van der Waals surface area contributed by atoms with Crippen molar-refractivity contribution < 1.29 is 4.74 Å². The van der Waals surface area contributed by atoms with Crippen LogP contribution in [0.5, 0.6) is 11.6 Å². The average molecular weight is 235 g/mol. The lowest BCUT2D eigenvalue weighted by Gasteiger charge is -2.07. The van der Waals surface area contributed by atoms with E-state index in [1.165, 1.54) is 5.56 Å². The largest absolute Gasteiger partial charge is 0.437 e. The van der Waals surface area contributed by atoms with Crippen LogP contribution in [0.3, 0.4) is 0 Å². The quantitative estimate of drug-likeness (QED) is 0.810. The van der Waals surface area contributed by atoms with Crippen molar-refractivity contribution in [3.05, 3.63) is 47.1 Å². The lowest BCUT2D eigenvalue weighted by Crippen LogP contribution is -1.94. The standard InChI is InChI=1S/C12H11ClN2O/c1-8-2-4-9(5-3-8)16-12-10(14)6-7-11(13)15-12/h2-7H,14H2,1H3. The summed E-state index contributed by atoms with van der Waals surface area (Å²) < 4.78 is 5.52. The van der Waals surface area contributed by atoms with Crippen LogP contribution in [-0.2, 0) is 0 Å². The van der Waals surface area contributed by atoms with Crippen molar-refractivity contribution in [2.45, 2.75) is 6.92 Å². The maximum atomic E-state index is 5.76. The Kier molecular flexibility index (Phi) is 2.97. The number of anilines is 1. The highest BCUT2D eigenvalue weighted by Gasteiger charge is 2.04. The van der Waals surface area contributed by atoms with Gasteiger partial charge in [0.05, 0.1) is 5.69 Å². The summed E-state index contributed by atoms with van der Waals surface area (Å²) in [7, 11) is 0. The van der Waals surface area contributed by atoms with Crippen LogP contribution in [0.25, 0.3) is 0 Å². The van der Waals surface area contributed by atoms with E-state index in [0.717, 1.165) is 0 Å². The molecule has 82 valence electrons. The Morgan fingerprint density at radius 3 is 2.50 bits per heavy atom. The maximum absolute atomic E-state index is 5.76. The number of nitrogens with two attached hydrogens (primary N) is 1. The summed E-state index contributed by atoms with van der Waals surface area (Å²) in [6, 6.07) is 10.9. The van der Waals surface area contributed by atoms with Crippen molar-refractivity contribution in [2.24, 2.45) is 0 Å². The molecule has 1 heterocycles. The molecule has 4 heteroatoms. The minimum absolute atomic E-state index is 0.330. The molecule has 2 rings (SSSR count). The van der Waals surface area contributed by atoms with Crippen molar-refractivity contribution in [3.63, 3.8) is 0 Å². The van der Waals surface area contributed by atoms with E-state index in [1.54, 1.807) is 12.1 Å². The molecule has 0 atom stereocenters. The molecular formula is C12H11ClN2O. The molecule has 0 radical (unpaired) electrons. The Morgan fingerprint density at radius 2 is 1.81 bits per heavy atom. The molecule has 0 saturated heterocycles. The molecule has 3 nitrogen and oxygen atoms in total. The molecule has 0 aliphatic carbocycles. The number of aromatic nitrogens is 1. The van der Waals surface area contributed by atoms with Crippen LogP contribution < -0.4 is 10.5 Å². The van der Waals surface area contributed by atoms with E-state index in [1.807, 2.05) is 31.2 Å². The highest BCUT2D eigenvalue weighted by molar-refractivity contribution is 6.29. The number of nitrogens with zero attached hydrogens (tertiary/aromatic N) is 1. The fourth-order valence-corrected chi connectivity index (χ4v) is 1.37. The van der Waals surface area contributed by atoms with Gasteiger partial charge in [0.1, 0.15) is 10.9 Å². The summed E-state index contributed by atoms with van der Waals surface area (Å²) in [5.74, 6) is 1.02. The number of hydrogen-bond donors (Lipinski definition) is 1.